The fourth-order valence-electron chi connectivity index (χ4n) is 3.68. The zero-order valence-corrected chi connectivity index (χ0v) is 15.8. The number of carbonyl (C=O) groups excluding carboxylic acids is 1. The number of anilines is 2. The Bertz CT molecular complexity index is 836. The Kier molecular flexibility index (Phi) is 4.85. The molecule has 2 aromatic rings. The third-order valence-electron chi connectivity index (χ3n) is 5.50. The van der Waals surface area contributed by atoms with Crippen LogP contribution in [-0.4, -0.2) is 47.9 Å². The van der Waals surface area contributed by atoms with Gasteiger partial charge in [-0.2, -0.15) is 0 Å². The molecule has 4 rings (SSSR count). The number of hydrogen-bond donors (Lipinski definition) is 1. The van der Waals surface area contributed by atoms with Crippen LogP contribution < -0.4 is 5.32 Å². The number of ether oxygens (including phenoxy) is 2. The van der Waals surface area contributed by atoms with E-state index >= 15 is 0 Å². The van der Waals surface area contributed by atoms with Crippen molar-refractivity contribution in [2.45, 2.75) is 32.5 Å². The quantitative estimate of drug-likeness (QED) is 0.901. The summed E-state index contributed by atoms with van der Waals surface area (Å²) in [5.41, 5.74) is 4.03. The van der Waals surface area contributed by atoms with Crippen LogP contribution in [0.3, 0.4) is 0 Å². The summed E-state index contributed by atoms with van der Waals surface area (Å²) >= 11 is 0. The summed E-state index contributed by atoms with van der Waals surface area (Å²) in [5.74, 6) is 0.226. The van der Waals surface area contributed by atoms with Gasteiger partial charge < -0.3 is 19.7 Å². The first-order chi connectivity index (χ1) is 13.1. The molecule has 6 nitrogen and oxygen atoms in total. The molecule has 2 aliphatic rings. The smallest absolute Gasteiger partial charge is 0.254 e. The average Bonchev–Trinajstić information content (AvgIpc) is 3.14. The van der Waals surface area contributed by atoms with Gasteiger partial charge >= 0.3 is 0 Å². The molecule has 0 radical (unpaired) electrons. The van der Waals surface area contributed by atoms with Gasteiger partial charge in [-0.1, -0.05) is 12.1 Å². The van der Waals surface area contributed by atoms with E-state index < -0.39 is 5.79 Å². The summed E-state index contributed by atoms with van der Waals surface area (Å²) in [6.07, 6.45) is 3.12. The summed E-state index contributed by atoms with van der Waals surface area (Å²) < 4.78 is 11.5. The van der Waals surface area contributed by atoms with Crippen LogP contribution in [0.4, 0.5) is 11.5 Å². The van der Waals surface area contributed by atoms with Crippen molar-refractivity contribution in [3.63, 3.8) is 0 Å². The number of nitrogens with one attached hydrogen (secondary N) is 1. The highest BCUT2D eigenvalue weighted by molar-refractivity contribution is 5.95. The van der Waals surface area contributed by atoms with Gasteiger partial charge in [0.05, 0.1) is 13.2 Å². The van der Waals surface area contributed by atoms with Crippen LogP contribution in [0.1, 0.15) is 34.3 Å². The van der Waals surface area contributed by atoms with Crippen LogP contribution in [0, 0.1) is 13.8 Å². The molecule has 1 N–H and O–H groups in total. The normalized spacial score (nSPS) is 18.7. The molecule has 2 aliphatic heterocycles. The minimum Gasteiger partial charge on any atom is -0.347 e. The average molecular weight is 367 g/mol. The van der Waals surface area contributed by atoms with Crippen molar-refractivity contribution in [1.29, 1.82) is 0 Å². The molecule has 3 heterocycles. The van der Waals surface area contributed by atoms with Gasteiger partial charge in [0.15, 0.2) is 5.79 Å². The number of nitrogens with zero attached hydrogens (tertiary/aromatic N) is 2. The Morgan fingerprint density at radius 1 is 1.15 bits per heavy atom. The van der Waals surface area contributed by atoms with E-state index in [9.17, 15) is 4.79 Å². The number of carbonyl (C=O) groups is 1. The van der Waals surface area contributed by atoms with Gasteiger partial charge in [0, 0.05) is 43.4 Å². The Morgan fingerprint density at radius 2 is 1.89 bits per heavy atom. The van der Waals surface area contributed by atoms with Crippen molar-refractivity contribution in [2.75, 3.05) is 31.6 Å². The van der Waals surface area contributed by atoms with E-state index in [1.807, 2.05) is 23.1 Å². The van der Waals surface area contributed by atoms with Crippen LogP contribution in [0.5, 0.6) is 0 Å². The Morgan fingerprint density at radius 3 is 2.63 bits per heavy atom. The number of aryl methyl sites for hydroxylation is 1. The van der Waals surface area contributed by atoms with Gasteiger partial charge in [0.1, 0.15) is 5.82 Å². The van der Waals surface area contributed by atoms with Gasteiger partial charge in [-0.25, -0.2) is 4.98 Å². The Labute approximate surface area is 159 Å². The maximum absolute atomic E-state index is 12.9. The number of hydrogen-bond acceptors (Lipinski definition) is 5. The van der Waals surface area contributed by atoms with Crippen molar-refractivity contribution < 1.29 is 14.3 Å². The molecule has 0 unspecified atom stereocenters. The monoisotopic (exact) mass is 367 g/mol. The molecular formula is C21H25N3O3. The van der Waals surface area contributed by atoms with Crippen LogP contribution >= 0.6 is 0 Å². The van der Waals surface area contributed by atoms with Crippen LogP contribution in [-0.2, 0) is 9.47 Å². The summed E-state index contributed by atoms with van der Waals surface area (Å²) in [4.78, 5) is 19.2. The molecule has 0 aliphatic carbocycles. The highest BCUT2D eigenvalue weighted by atomic mass is 16.7. The van der Waals surface area contributed by atoms with E-state index in [1.54, 1.807) is 12.3 Å². The van der Waals surface area contributed by atoms with E-state index in [-0.39, 0.29) is 5.91 Å². The third-order valence-corrected chi connectivity index (χ3v) is 5.50. The number of amides is 1. The second-order valence-corrected chi connectivity index (χ2v) is 7.20. The molecule has 0 bridgehead atoms. The predicted octanol–water partition coefficient (Wildman–Crippen LogP) is 3.42. The lowest BCUT2D eigenvalue weighted by Gasteiger charge is -2.37. The van der Waals surface area contributed by atoms with Gasteiger partial charge in [-0.15, -0.1) is 0 Å². The van der Waals surface area contributed by atoms with Crippen molar-refractivity contribution in [1.82, 2.24) is 9.88 Å². The minimum absolute atomic E-state index is 0.0225. The van der Waals surface area contributed by atoms with Crippen molar-refractivity contribution in [3.8, 4) is 0 Å². The number of piperidine rings is 1. The lowest BCUT2D eigenvalue weighted by molar-refractivity contribution is -0.181. The Balaban J connectivity index is 1.46. The van der Waals surface area contributed by atoms with Crippen molar-refractivity contribution >= 4 is 17.4 Å². The lowest BCUT2D eigenvalue weighted by atomic mass is 10.0. The predicted molar refractivity (Wildman–Crippen MR) is 103 cm³/mol. The molecule has 0 saturated carbocycles. The van der Waals surface area contributed by atoms with E-state index in [0.717, 1.165) is 18.5 Å². The van der Waals surface area contributed by atoms with E-state index in [1.165, 1.54) is 11.1 Å². The van der Waals surface area contributed by atoms with Crippen molar-refractivity contribution in [2.24, 2.45) is 0 Å². The number of likely N-dealkylation sites (tertiary alicyclic amines) is 1. The molecule has 1 amide bonds. The fourth-order valence-corrected chi connectivity index (χ4v) is 3.68. The molecule has 2 saturated heterocycles. The van der Waals surface area contributed by atoms with E-state index in [0.29, 0.717) is 37.7 Å². The zero-order valence-electron chi connectivity index (χ0n) is 15.8. The first kappa shape index (κ1) is 17.9. The molecule has 142 valence electrons. The fraction of sp³-hybridized carbons (Fsp3) is 0.429. The first-order valence-electron chi connectivity index (χ1n) is 9.43. The van der Waals surface area contributed by atoms with E-state index in [4.69, 9.17) is 9.47 Å². The molecule has 6 heteroatoms. The topological polar surface area (TPSA) is 63.7 Å². The van der Waals surface area contributed by atoms with Gasteiger partial charge in [-0.3, -0.25) is 4.79 Å². The molecule has 1 aromatic carbocycles. The summed E-state index contributed by atoms with van der Waals surface area (Å²) in [5, 5.41) is 3.33. The summed E-state index contributed by atoms with van der Waals surface area (Å²) in [6.45, 7) is 6.72. The maximum atomic E-state index is 12.9. The first-order valence-corrected chi connectivity index (χ1v) is 9.43. The SMILES string of the molecule is Cc1cccc(Nc2cc(C(=O)N3CCC4(CC3)OCCO4)ccn2)c1C. The number of pyridine rings is 1. The Hall–Kier alpha value is -2.44. The molecule has 1 aromatic heterocycles. The molecule has 1 spiro atoms. The number of benzene rings is 1. The van der Waals surface area contributed by atoms with Gasteiger partial charge in [0.2, 0.25) is 0 Å². The second kappa shape index (κ2) is 7.29. The van der Waals surface area contributed by atoms with Gasteiger partial charge in [-0.05, 0) is 43.2 Å². The molecule has 0 atom stereocenters. The zero-order chi connectivity index (χ0) is 18.9. The van der Waals surface area contributed by atoms with Crippen LogP contribution in [0.2, 0.25) is 0 Å². The summed E-state index contributed by atoms with van der Waals surface area (Å²) in [6, 6.07) is 9.69. The number of rotatable bonds is 3. The van der Waals surface area contributed by atoms with Crippen LogP contribution in [0.25, 0.3) is 0 Å². The maximum Gasteiger partial charge on any atom is 0.254 e. The van der Waals surface area contributed by atoms with E-state index in [2.05, 4.69) is 30.2 Å². The lowest BCUT2D eigenvalue weighted by Crippen LogP contribution is -2.47. The third kappa shape index (κ3) is 3.68. The highest BCUT2D eigenvalue weighted by Crippen LogP contribution is 2.32. The minimum atomic E-state index is -0.468. The van der Waals surface area contributed by atoms with Crippen LogP contribution in [0.15, 0.2) is 36.5 Å². The highest BCUT2D eigenvalue weighted by Gasteiger charge is 2.40. The number of aromatic nitrogens is 1. The second-order valence-electron chi connectivity index (χ2n) is 7.20. The largest absolute Gasteiger partial charge is 0.347 e. The molecular weight excluding hydrogens is 342 g/mol. The van der Waals surface area contributed by atoms with Gasteiger partial charge in [0.25, 0.3) is 5.91 Å². The van der Waals surface area contributed by atoms with Crippen molar-refractivity contribution in [3.05, 3.63) is 53.2 Å². The molecule has 2 fully saturated rings. The molecule has 27 heavy (non-hydrogen) atoms. The summed E-state index contributed by atoms with van der Waals surface area (Å²) in [7, 11) is 0. The standard InChI is InChI=1S/C21H25N3O3/c1-15-4-3-5-18(16(15)2)23-19-14-17(6-9-22-19)20(25)24-10-7-21(8-11-24)26-12-13-27-21/h3-6,9,14H,7-8,10-13H2,1-2H3,(H,22,23).